The summed E-state index contributed by atoms with van der Waals surface area (Å²) >= 11 is 4.58. The Kier molecular flexibility index (Phi) is 3.46. The van der Waals surface area contributed by atoms with Crippen LogP contribution in [-0.4, -0.2) is 5.75 Å². The van der Waals surface area contributed by atoms with E-state index in [2.05, 4.69) is 15.9 Å². The van der Waals surface area contributed by atoms with Crippen LogP contribution in [0.15, 0.2) is 22.7 Å². The van der Waals surface area contributed by atoms with Crippen molar-refractivity contribution in [3.05, 3.63) is 39.9 Å². The van der Waals surface area contributed by atoms with Crippen LogP contribution in [0.1, 0.15) is 18.4 Å². The molecule has 1 aromatic carbocycles. The lowest BCUT2D eigenvalue weighted by molar-refractivity contribution is 0.576. The Balaban J connectivity index is 2.47. The first kappa shape index (κ1) is 11.1. The van der Waals surface area contributed by atoms with Gasteiger partial charge in [0.05, 0.1) is 5.56 Å². The highest BCUT2D eigenvalue weighted by atomic mass is 79.9. The molecule has 4 heteroatoms. The second kappa shape index (κ2) is 4.66. The monoisotopic (exact) mass is 290 g/mol. The normalized spacial score (nSPS) is 16.3. The number of halogens is 3. The molecular weight excluding hydrogens is 282 g/mol. The summed E-state index contributed by atoms with van der Waals surface area (Å²) in [5.41, 5.74) is 0.114. The van der Waals surface area contributed by atoms with Crippen LogP contribution in [0.4, 0.5) is 8.78 Å². The zero-order chi connectivity index (χ0) is 10.8. The van der Waals surface area contributed by atoms with Crippen LogP contribution in [0.2, 0.25) is 0 Å². The van der Waals surface area contributed by atoms with Crippen LogP contribution in [-0.2, 0) is 0 Å². The Morgan fingerprint density at radius 2 is 1.87 bits per heavy atom. The van der Waals surface area contributed by atoms with E-state index in [1.165, 1.54) is 23.9 Å². The first-order chi connectivity index (χ1) is 7.18. The molecule has 0 amide bonds. The maximum Gasteiger partial charge on any atom is 0.135 e. The maximum absolute atomic E-state index is 13.6. The van der Waals surface area contributed by atoms with Gasteiger partial charge in [-0.25, -0.2) is 8.78 Å². The van der Waals surface area contributed by atoms with Crippen molar-refractivity contribution in [3.63, 3.8) is 0 Å². The molecule has 0 atom stereocenters. The summed E-state index contributed by atoms with van der Waals surface area (Å²) in [5.74, 6) is -0.0640. The van der Waals surface area contributed by atoms with E-state index in [4.69, 9.17) is 0 Å². The molecular formula is C11H9BrF2S. The molecule has 1 aliphatic rings. The van der Waals surface area contributed by atoms with Crippen LogP contribution >= 0.6 is 27.7 Å². The fraction of sp³-hybridized carbons (Fsp3) is 0.273. The maximum atomic E-state index is 13.6. The Bertz CT molecular complexity index is 392. The minimum absolute atomic E-state index is 0.114. The molecule has 80 valence electrons. The topological polar surface area (TPSA) is 0 Å². The van der Waals surface area contributed by atoms with Crippen LogP contribution in [0.3, 0.4) is 0 Å². The quantitative estimate of drug-likeness (QED) is 0.729. The van der Waals surface area contributed by atoms with E-state index in [-0.39, 0.29) is 5.56 Å². The average Bonchev–Trinajstić information content (AvgIpc) is 2.17. The SMILES string of the molecule is Fc1cc(Br)cc(F)c1C1=CCCCS1. The fourth-order valence-electron chi connectivity index (χ4n) is 1.51. The molecule has 0 saturated carbocycles. The zero-order valence-electron chi connectivity index (χ0n) is 7.90. The van der Waals surface area contributed by atoms with Crippen molar-refractivity contribution in [2.24, 2.45) is 0 Å². The van der Waals surface area contributed by atoms with E-state index in [0.29, 0.717) is 4.47 Å². The van der Waals surface area contributed by atoms with Crippen molar-refractivity contribution in [3.8, 4) is 0 Å². The van der Waals surface area contributed by atoms with E-state index < -0.39 is 11.6 Å². The van der Waals surface area contributed by atoms with Gasteiger partial charge in [0.2, 0.25) is 0 Å². The van der Waals surface area contributed by atoms with Gasteiger partial charge in [-0.2, -0.15) is 0 Å². The Hall–Kier alpha value is -0.350. The van der Waals surface area contributed by atoms with Gasteiger partial charge in [0.15, 0.2) is 0 Å². The Morgan fingerprint density at radius 1 is 1.20 bits per heavy atom. The Labute approximate surface area is 99.9 Å². The third kappa shape index (κ3) is 2.42. The van der Waals surface area contributed by atoms with Crippen LogP contribution in [0.25, 0.3) is 4.91 Å². The summed E-state index contributed by atoms with van der Waals surface area (Å²) in [5, 5.41) is 0. The largest absolute Gasteiger partial charge is 0.206 e. The number of benzene rings is 1. The predicted octanol–water partition coefficient (Wildman–Crippen LogP) is 4.60. The van der Waals surface area contributed by atoms with E-state index >= 15 is 0 Å². The zero-order valence-corrected chi connectivity index (χ0v) is 10.3. The van der Waals surface area contributed by atoms with Gasteiger partial charge in [-0.3, -0.25) is 0 Å². The van der Waals surface area contributed by atoms with E-state index in [0.717, 1.165) is 23.5 Å². The molecule has 0 fully saturated rings. The average molecular weight is 291 g/mol. The molecule has 2 rings (SSSR count). The molecule has 0 bridgehead atoms. The summed E-state index contributed by atoms with van der Waals surface area (Å²) < 4.78 is 27.6. The predicted molar refractivity (Wildman–Crippen MR) is 63.7 cm³/mol. The minimum Gasteiger partial charge on any atom is -0.206 e. The van der Waals surface area contributed by atoms with Gasteiger partial charge in [0, 0.05) is 9.38 Å². The minimum atomic E-state index is -0.498. The lowest BCUT2D eigenvalue weighted by Gasteiger charge is -2.13. The van der Waals surface area contributed by atoms with Crippen molar-refractivity contribution in [1.82, 2.24) is 0 Å². The summed E-state index contributed by atoms with van der Waals surface area (Å²) in [6.45, 7) is 0. The number of hydrogen-bond acceptors (Lipinski definition) is 1. The van der Waals surface area contributed by atoms with Gasteiger partial charge in [-0.15, -0.1) is 11.8 Å². The van der Waals surface area contributed by atoms with E-state index in [9.17, 15) is 8.78 Å². The molecule has 1 aliphatic heterocycles. The van der Waals surface area contributed by atoms with Crippen molar-refractivity contribution in [2.75, 3.05) is 5.75 Å². The first-order valence-corrected chi connectivity index (χ1v) is 6.44. The highest BCUT2D eigenvalue weighted by Gasteiger charge is 2.16. The number of hydrogen-bond donors (Lipinski definition) is 0. The highest BCUT2D eigenvalue weighted by Crippen LogP contribution is 2.36. The number of rotatable bonds is 1. The van der Waals surface area contributed by atoms with Crippen molar-refractivity contribution >= 4 is 32.6 Å². The van der Waals surface area contributed by atoms with Gasteiger partial charge in [-0.05, 0) is 30.7 Å². The third-order valence-electron chi connectivity index (χ3n) is 2.19. The lowest BCUT2D eigenvalue weighted by atomic mass is 10.1. The van der Waals surface area contributed by atoms with Crippen LogP contribution in [0.5, 0.6) is 0 Å². The summed E-state index contributed by atoms with van der Waals surface area (Å²) in [6.07, 6.45) is 3.88. The van der Waals surface area contributed by atoms with Gasteiger partial charge in [-0.1, -0.05) is 22.0 Å². The molecule has 0 saturated heterocycles. The first-order valence-electron chi connectivity index (χ1n) is 4.66. The number of thioether (sulfide) groups is 1. The van der Waals surface area contributed by atoms with Crippen LogP contribution < -0.4 is 0 Å². The molecule has 0 radical (unpaired) electrons. The molecule has 0 N–H and O–H groups in total. The molecule has 0 spiro atoms. The standard InChI is InChI=1S/C11H9BrF2S/c12-7-5-8(13)11(9(14)6-7)10-3-1-2-4-15-10/h3,5-6H,1-2,4H2. The van der Waals surface area contributed by atoms with E-state index in [1.807, 2.05) is 6.08 Å². The highest BCUT2D eigenvalue weighted by molar-refractivity contribution is 9.10. The molecule has 15 heavy (non-hydrogen) atoms. The van der Waals surface area contributed by atoms with Crippen molar-refractivity contribution in [2.45, 2.75) is 12.8 Å². The molecule has 0 aromatic heterocycles. The van der Waals surface area contributed by atoms with Gasteiger partial charge in [0.25, 0.3) is 0 Å². The van der Waals surface area contributed by atoms with Crippen molar-refractivity contribution in [1.29, 1.82) is 0 Å². The summed E-state index contributed by atoms with van der Waals surface area (Å²) in [7, 11) is 0. The van der Waals surface area contributed by atoms with Gasteiger partial charge < -0.3 is 0 Å². The molecule has 1 aromatic rings. The smallest absolute Gasteiger partial charge is 0.135 e. The molecule has 0 nitrogen and oxygen atoms in total. The lowest BCUT2D eigenvalue weighted by Crippen LogP contribution is -1.97. The van der Waals surface area contributed by atoms with Gasteiger partial charge >= 0.3 is 0 Å². The second-order valence-corrected chi connectivity index (χ2v) is 5.36. The van der Waals surface area contributed by atoms with Crippen molar-refractivity contribution < 1.29 is 8.78 Å². The van der Waals surface area contributed by atoms with E-state index in [1.54, 1.807) is 0 Å². The summed E-state index contributed by atoms with van der Waals surface area (Å²) in [6, 6.07) is 2.60. The Morgan fingerprint density at radius 3 is 2.40 bits per heavy atom. The molecule has 1 heterocycles. The third-order valence-corrected chi connectivity index (χ3v) is 3.82. The second-order valence-electron chi connectivity index (χ2n) is 3.30. The molecule has 0 unspecified atom stereocenters. The van der Waals surface area contributed by atoms with Gasteiger partial charge in [0.1, 0.15) is 11.6 Å². The van der Waals surface area contributed by atoms with Crippen LogP contribution in [0, 0.1) is 11.6 Å². The summed E-state index contributed by atoms with van der Waals surface area (Å²) in [4.78, 5) is 0.726. The number of allylic oxidation sites excluding steroid dienone is 1. The molecule has 0 aliphatic carbocycles. The fourth-order valence-corrected chi connectivity index (χ4v) is 3.02.